The molecule has 13 N–H and O–H groups in total. The Kier molecular flexibility index (Phi) is 14.0. The molecule has 20 heteroatoms. The summed E-state index contributed by atoms with van der Waals surface area (Å²) >= 11 is 0. The zero-order valence-corrected chi connectivity index (χ0v) is 29.0. The van der Waals surface area contributed by atoms with Crippen molar-refractivity contribution >= 4 is 0 Å². The molecule has 6 aliphatic rings. The average molecular weight is 773 g/mol. The highest BCUT2D eigenvalue weighted by Crippen LogP contribution is 2.45. The summed E-state index contributed by atoms with van der Waals surface area (Å²) in [5.74, 6) is -0.718. The Balaban J connectivity index is 1.27. The monoisotopic (exact) mass is 772 g/mol. The fourth-order valence-electron chi connectivity index (χ4n) is 8.68. The Hall–Kier alpha value is -0.800. The SMILES string of the molecule is OC[C@H]1O[C@@H](OC2CC(O)CC3OC(C4CCC(O)CC4)C(O[C@@H]4O[C@H](CO)[C@@H](O)[C@H](O)[C@H]4O[C@@H]4O[C@H](CO)[C@@H](O)[C@H](O)[C@H]4O)CC32)[C@H](O)[C@@H](O)[C@@H]1O. The van der Waals surface area contributed by atoms with Crippen LogP contribution in [0.4, 0.5) is 0 Å². The van der Waals surface area contributed by atoms with Crippen molar-refractivity contribution in [1.82, 2.24) is 0 Å². The van der Waals surface area contributed by atoms with Gasteiger partial charge in [0, 0.05) is 12.3 Å². The number of fused-ring (bicyclic) bond motifs is 1. The maximum Gasteiger partial charge on any atom is 0.187 e. The Bertz CT molecular complexity index is 1140. The van der Waals surface area contributed by atoms with Crippen LogP contribution in [0.5, 0.6) is 0 Å². The summed E-state index contributed by atoms with van der Waals surface area (Å²) in [6.45, 7) is -2.18. The lowest BCUT2D eigenvalue weighted by molar-refractivity contribution is -0.380. The normalized spacial score (nSPS) is 53.9. The molecule has 20 nitrogen and oxygen atoms in total. The van der Waals surface area contributed by atoms with Crippen molar-refractivity contribution < 1.29 is 99.5 Å². The van der Waals surface area contributed by atoms with Gasteiger partial charge in [0.2, 0.25) is 0 Å². The summed E-state index contributed by atoms with van der Waals surface area (Å²) in [6, 6.07) is 0. The molecule has 21 atom stereocenters. The lowest BCUT2D eigenvalue weighted by Gasteiger charge is -2.52. The van der Waals surface area contributed by atoms with Crippen LogP contribution in [-0.2, 0) is 33.2 Å². The molecule has 2 aliphatic carbocycles. The molecule has 0 aromatic carbocycles. The fraction of sp³-hybridized carbons (Fsp3) is 1.00. The molecule has 308 valence electrons. The Labute approximate surface area is 305 Å². The molecular weight excluding hydrogens is 716 g/mol. The maximum absolute atomic E-state index is 11.2. The van der Waals surface area contributed by atoms with E-state index in [1.54, 1.807) is 0 Å². The van der Waals surface area contributed by atoms with E-state index in [-0.39, 0.29) is 25.2 Å². The molecule has 6 unspecified atom stereocenters. The van der Waals surface area contributed by atoms with Gasteiger partial charge in [-0.15, -0.1) is 0 Å². The van der Waals surface area contributed by atoms with Gasteiger partial charge in [0.15, 0.2) is 18.9 Å². The number of ether oxygens (including phenoxy) is 7. The van der Waals surface area contributed by atoms with Crippen molar-refractivity contribution in [1.29, 1.82) is 0 Å². The topological polar surface area (TPSA) is 328 Å². The van der Waals surface area contributed by atoms with Crippen LogP contribution in [0.15, 0.2) is 0 Å². The minimum Gasteiger partial charge on any atom is -0.394 e. The molecule has 6 fully saturated rings. The van der Waals surface area contributed by atoms with Gasteiger partial charge in [-0.3, -0.25) is 0 Å². The summed E-state index contributed by atoms with van der Waals surface area (Å²) in [5, 5.41) is 135. The van der Waals surface area contributed by atoms with E-state index in [2.05, 4.69) is 0 Å². The second-order valence-corrected chi connectivity index (χ2v) is 15.3. The van der Waals surface area contributed by atoms with Crippen LogP contribution in [-0.4, -0.2) is 215 Å². The van der Waals surface area contributed by atoms with E-state index in [9.17, 15) is 66.4 Å². The molecule has 4 aliphatic heterocycles. The quantitative estimate of drug-likeness (QED) is 0.0982. The van der Waals surface area contributed by atoms with Gasteiger partial charge in [0.1, 0.15) is 73.2 Å². The first-order valence-corrected chi connectivity index (χ1v) is 18.5. The van der Waals surface area contributed by atoms with Gasteiger partial charge in [-0.1, -0.05) is 0 Å². The second-order valence-electron chi connectivity index (χ2n) is 15.3. The molecular formula is C33H56O20. The van der Waals surface area contributed by atoms with Crippen molar-refractivity contribution in [2.45, 2.75) is 174 Å². The van der Waals surface area contributed by atoms with Gasteiger partial charge >= 0.3 is 0 Å². The third kappa shape index (κ3) is 8.72. The predicted octanol–water partition coefficient (Wildman–Crippen LogP) is -6.34. The van der Waals surface area contributed by atoms with Gasteiger partial charge in [-0.2, -0.15) is 0 Å². The minimum atomic E-state index is -1.87. The lowest BCUT2D eigenvalue weighted by Crippen LogP contribution is -2.66. The highest BCUT2D eigenvalue weighted by atomic mass is 16.8. The molecule has 4 heterocycles. The molecule has 0 bridgehead atoms. The number of hydrogen-bond acceptors (Lipinski definition) is 20. The average Bonchev–Trinajstić information content (AvgIpc) is 3.14. The largest absolute Gasteiger partial charge is 0.394 e. The zero-order chi connectivity index (χ0) is 38.3. The van der Waals surface area contributed by atoms with Gasteiger partial charge in [-0.25, -0.2) is 0 Å². The van der Waals surface area contributed by atoms with Gasteiger partial charge in [0.05, 0.1) is 56.4 Å². The molecule has 0 amide bonds. The summed E-state index contributed by atoms with van der Waals surface area (Å²) in [6.07, 6.45) is -26.4. The third-order valence-corrected chi connectivity index (χ3v) is 11.8. The summed E-state index contributed by atoms with van der Waals surface area (Å²) in [5.41, 5.74) is 0. The highest BCUT2D eigenvalue weighted by Gasteiger charge is 2.55. The number of rotatable bonds is 10. The van der Waals surface area contributed by atoms with Crippen molar-refractivity contribution in [2.75, 3.05) is 19.8 Å². The van der Waals surface area contributed by atoms with Crippen LogP contribution in [0.3, 0.4) is 0 Å². The number of hydrogen-bond donors (Lipinski definition) is 13. The Morgan fingerprint density at radius 1 is 0.434 bits per heavy atom. The standard InChI is InChI=1S/C33H56O20/c34-8-18-21(39)24(42)27(45)31(50-18)48-16-6-13(38)5-15-14(16)7-17(29(47-15)11-1-3-12(37)4-2-11)49-33-30(26(44)23(41)20(10-36)52-33)53-32-28(46)25(43)22(40)19(9-35)51-32/h11-46H,1-10H2/t11?,12?,13?,14?,15?,16?,17?,18-,19-,20-,21-,22-,23-,24+,25+,26+,27-,28-,29?,30-,31-,32+,33-/m1/s1. The molecule has 0 radical (unpaired) electrons. The fourth-order valence-corrected chi connectivity index (χ4v) is 8.68. The van der Waals surface area contributed by atoms with Crippen LogP contribution in [0.25, 0.3) is 0 Å². The van der Waals surface area contributed by atoms with E-state index < -0.39 is 154 Å². The number of aliphatic hydroxyl groups is 13. The molecule has 53 heavy (non-hydrogen) atoms. The first-order chi connectivity index (χ1) is 25.3. The van der Waals surface area contributed by atoms with E-state index in [1.807, 2.05) is 0 Å². The second kappa shape index (κ2) is 17.8. The molecule has 6 rings (SSSR count). The van der Waals surface area contributed by atoms with Crippen molar-refractivity contribution in [3.63, 3.8) is 0 Å². The predicted molar refractivity (Wildman–Crippen MR) is 170 cm³/mol. The first-order valence-electron chi connectivity index (χ1n) is 18.5. The Morgan fingerprint density at radius 2 is 0.925 bits per heavy atom. The lowest BCUT2D eigenvalue weighted by atomic mass is 9.73. The maximum atomic E-state index is 11.2. The van der Waals surface area contributed by atoms with Gasteiger partial charge in [-0.05, 0) is 44.4 Å². The zero-order valence-electron chi connectivity index (χ0n) is 29.0. The molecule has 0 aromatic rings. The van der Waals surface area contributed by atoms with Crippen LogP contribution in [0.2, 0.25) is 0 Å². The number of aliphatic hydroxyl groups excluding tert-OH is 13. The van der Waals surface area contributed by atoms with Gasteiger partial charge in [0.25, 0.3) is 0 Å². The Morgan fingerprint density at radius 3 is 1.47 bits per heavy atom. The van der Waals surface area contributed by atoms with Crippen LogP contribution in [0, 0.1) is 11.8 Å². The summed E-state index contributed by atoms with van der Waals surface area (Å²) in [7, 11) is 0. The van der Waals surface area contributed by atoms with E-state index in [4.69, 9.17) is 33.2 Å². The smallest absolute Gasteiger partial charge is 0.187 e. The molecule has 0 aromatic heterocycles. The summed E-state index contributed by atoms with van der Waals surface area (Å²) in [4.78, 5) is 0. The van der Waals surface area contributed by atoms with E-state index in [0.717, 1.165) is 0 Å². The van der Waals surface area contributed by atoms with Crippen molar-refractivity contribution in [3.05, 3.63) is 0 Å². The first kappa shape index (κ1) is 41.8. The van der Waals surface area contributed by atoms with Crippen LogP contribution < -0.4 is 0 Å². The minimum absolute atomic E-state index is 0.0484. The van der Waals surface area contributed by atoms with Crippen LogP contribution in [0.1, 0.15) is 44.9 Å². The van der Waals surface area contributed by atoms with Crippen molar-refractivity contribution in [3.8, 4) is 0 Å². The highest BCUT2D eigenvalue weighted by molar-refractivity contribution is 5.00. The molecule has 0 spiro atoms. The van der Waals surface area contributed by atoms with Crippen molar-refractivity contribution in [2.24, 2.45) is 11.8 Å². The van der Waals surface area contributed by atoms with Gasteiger partial charge < -0.3 is 99.5 Å². The molecule has 4 saturated heterocycles. The summed E-state index contributed by atoms with van der Waals surface area (Å²) < 4.78 is 42.3. The van der Waals surface area contributed by atoms with E-state index >= 15 is 0 Å². The van der Waals surface area contributed by atoms with E-state index in [1.165, 1.54) is 0 Å². The molecule has 2 saturated carbocycles. The third-order valence-electron chi connectivity index (χ3n) is 11.8. The van der Waals surface area contributed by atoms with Crippen LogP contribution >= 0.6 is 0 Å². The van der Waals surface area contributed by atoms with E-state index in [0.29, 0.717) is 25.7 Å².